The molecule has 64 valence electrons. The van der Waals surface area contributed by atoms with Crippen LogP contribution >= 0.6 is 15.9 Å². The molecule has 2 unspecified atom stereocenters. The first-order valence-corrected chi connectivity index (χ1v) is 4.81. The topological polar surface area (TPSA) is 15.6 Å². The van der Waals surface area contributed by atoms with Crippen LogP contribution in [0.3, 0.4) is 0 Å². The van der Waals surface area contributed by atoms with Gasteiger partial charge in [0.2, 0.25) is 0 Å². The third-order valence-corrected chi connectivity index (χ3v) is 2.92. The Morgan fingerprint density at radius 2 is 2.33 bits per heavy atom. The van der Waals surface area contributed by atoms with Crippen molar-refractivity contribution in [3.05, 3.63) is 22.7 Å². The molecular formula is C9H11BrN2. The zero-order valence-corrected chi connectivity index (χ0v) is 8.75. The number of hydrogen-bond donors (Lipinski definition) is 0. The summed E-state index contributed by atoms with van der Waals surface area (Å²) in [7, 11) is 2.02. The molecule has 0 radical (unpaired) electrons. The third kappa shape index (κ3) is 1.12. The fourth-order valence-corrected chi connectivity index (χ4v) is 2.18. The van der Waals surface area contributed by atoms with Crippen molar-refractivity contribution in [3.63, 3.8) is 0 Å². The Labute approximate surface area is 80.8 Å². The lowest BCUT2D eigenvalue weighted by molar-refractivity contribution is 0.307. The first-order chi connectivity index (χ1) is 5.68. The Balaban J connectivity index is 2.32. The molecule has 0 saturated heterocycles. The average molecular weight is 227 g/mol. The van der Waals surface area contributed by atoms with Crippen LogP contribution in [0.15, 0.2) is 27.8 Å². The van der Waals surface area contributed by atoms with E-state index in [1.165, 1.54) is 5.71 Å². The van der Waals surface area contributed by atoms with Crippen molar-refractivity contribution in [2.75, 3.05) is 7.05 Å². The van der Waals surface area contributed by atoms with Gasteiger partial charge in [0, 0.05) is 23.2 Å². The van der Waals surface area contributed by atoms with Crippen LogP contribution in [0.1, 0.15) is 6.92 Å². The molecule has 0 bridgehead atoms. The molecule has 0 spiro atoms. The Morgan fingerprint density at radius 1 is 1.58 bits per heavy atom. The zero-order valence-electron chi connectivity index (χ0n) is 7.16. The predicted molar refractivity (Wildman–Crippen MR) is 54.3 cm³/mol. The monoisotopic (exact) mass is 226 g/mol. The van der Waals surface area contributed by atoms with E-state index >= 15 is 0 Å². The molecule has 12 heavy (non-hydrogen) atoms. The van der Waals surface area contributed by atoms with Crippen molar-refractivity contribution < 1.29 is 0 Å². The van der Waals surface area contributed by atoms with Gasteiger partial charge in [0.05, 0.1) is 6.04 Å². The van der Waals surface area contributed by atoms with E-state index in [0.717, 1.165) is 4.48 Å². The molecule has 0 fully saturated rings. The maximum absolute atomic E-state index is 4.40. The Bertz CT molecular complexity index is 291. The molecular weight excluding hydrogens is 216 g/mol. The number of fused-ring (bicyclic) bond motifs is 1. The van der Waals surface area contributed by atoms with Crippen molar-refractivity contribution in [2.45, 2.75) is 13.0 Å². The van der Waals surface area contributed by atoms with E-state index in [2.05, 4.69) is 46.2 Å². The number of hydrazone groups is 1. The molecule has 0 aromatic rings. The molecule has 3 heteroatoms. The van der Waals surface area contributed by atoms with Gasteiger partial charge in [-0.3, -0.25) is 5.01 Å². The summed E-state index contributed by atoms with van der Waals surface area (Å²) < 4.78 is 1.16. The number of nitrogens with zero attached hydrogens (tertiary/aromatic N) is 2. The lowest BCUT2D eigenvalue weighted by Gasteiger charge is -2.22. The van der Waals surface area contributed by atoms with Crippen LogP contribution in [0, 0.1) is 5.92 Å². The Kier molecular flexibility index (Phi) is 1.83. The fourth-order valence-electron chi connectivity index (χ4n) is 1.74. The molecule has 2 aliphatic rings. The van der Waals surface area contributed by atoms with Crippen molar-refractivity contribution >= 4 is 21.6 Å². The molecule has 1 aliphatic heterocycles. The quantitative estimate of drug-likeness (QED) is 0.619. The SMILES string of the molecule is CC1=NN(C)C2C=CC(Br)=CC12. The van der Waals surface area contributed by atoms with Crippen LogP contribution < -0.4 is 0 Å². The molecule has 1 heterocycles. The van der Waals surface area contributed by atoms with E-state index in [-0.39, 0.29) is 0 Å². The van der Waals surface area contributed by atoms with E-state index in [0.29, 0.717) is 12.0 Å². The second-order valence-corrected chi connectivity index (χ2v) is 4.16. The van der Waals surface area contributed by atoms with Gasteiger partial charge in [0.15, 0.2) is 0 Å². The fraction of sp³-hybridized carbons (Fsp3) is 0.444. The maximum Gasteiger partial charge on any atom is 0.0767 e. The molecule has 0 N–H and O–H groups in total. The van der Waals surface area contributed by atoms with Crippen LogP contribution in [-0.2, 0) is 0 Å². The third-order valence-electron chi connectivity index (χ3n) is 2.39. The standard InChI is InChI=1S/C9H11BrN2/c1-6-8-5-7(10)3-4-9(8)12(2)11-6/h3-5,8-9H,1-2H3. The van der Waals surface area contributed by atoms with E-state index in [1.54, 1.807) is 0 Å². The van der Waals surface area contributed by atoms with Gasteiger partial charge in [0.25, 0.3) is 0 Å². The molecule has 1 aliphatic carbocycles. The largest absolute Gasteiger partial charge is 0.292 e. The van der Waals surface area contributed by atoms with Gasteiger partial charge in [-0.1, -0.05) is 34.2 Å². The van der Waals surface area contributed by atoms with Gasteiger partial charge >= 0.3 is 0 Å². The van der Waals surface area contributed by atoms with Gasteiger partial charge in [0.1, 0.15) is 0 Å². The van der Waals surface area contributed by atoms with Crippen LogP contribution in [0.2, 0.25) is 0 Å². The summed E-state index contributed by atoms with van der Waals surface area (Å²) >= 11 is 3.47. The molecule has 2 nitrogen and oxygen atoms in total. The van der Waals surface area contributed by atoms with Crippen LogP contribution in [0.4, 0.5) is 0 Å². The van der Waals surface area contributed by atoms with Crippen molar-refractivity contribution in [3.8, 4) is 0 Å². The number of halogens is 1. The predicted octanol–water partition coefficient (Wildman–Crippen LogP) is 2.14. The number of rotatable bonds is 0. The van der Waals surface area contributed by atoms with E-state index in [9.17, 15) is 0 Å². The van der Waals surface area contributed by atoms with Crippen LogP contribution in [0.25, 0.3) is 0 Å². The number of likely N-dealkylation sites (N-methyl/N-ethyl adjacent to an activating group) is 1. The smallest absolute Gasteiger partial charge is 0.0767 e. The summed E-state index contributed by atoms with van der Waals surface area (Å²) in [4.78, 5) is 0. The van der Waals surface area contributed by atoms with E-state index in [4.69, 9.17) is 0 Å². The van der Waals surface area contributed by atoms with Crippen LogP contribution in [0.5, 0.6) is 0 Å². The first-order valence-electron chi connectivity index (χ1n) is 4.02. The average Bonchev–Trinajstić information content (AvgIpc) is 2.28. The highest BCUT2D eigenvalue weighted by atomic mass is 79.9. The molecule has 0 saturated carbocycles. The van der Waals surface area contributed by atoms with Crippen LogP contribution in [-0.4, -0.2) is 23.8 Å². The Morgan fingerprint density at radius 3 is 3.08 bits per heavy atom. The van der Waals surface area contributed by atoms with Crippen molar-refractivity contribution in [2.24, 2.45) is 11.0 Å². The molecule has 2 atom stereocenters. The van der Waals surface area contributed by atoms with Gasteiger partial charge in [-0.15, -0.1) is 0 Å². The minimum absolute atomic E-state index is 0.436. The lowest BCUT2D eigenvalue weighted by atomic mass is 9.93. The van der Waals surface area contributed by atoms with Gasteiger partial charge < -0.3 is 0 Å². The normalized spacial score (nSPS) is 33.1. The number of hydrogen-bond acceptors (Lipinski definition) is 2. The van der Waals surface area contributed by atoms with Gasteiger partial charge in [-0.05, 0) is 6.92 Å². The summed E-state index contributed by atoms with van der Waals surface area (Å²) in [5.74, 6) is 0.467. The second-order valence-electron chi connectivity index (χ2n) is 3.24. The van der Waals surface area contributed by atoms with Gasteiger partial charge in [-0.2, -0.15) is 5.10 Å². The summed E-state index contributed by atoms with van der Waals surface area (Å²) in [6.45, 7) is 2.08. The summed E-state index contributed by atoms with van der Waals surface area (Å²) in [6, 6.07) is 0.436. The lowest BCUT2D eigenvalue weighted by Crippen LogP contribution is -2.28. The van der Waals surface area contributed by atoms with Gasteiger partial charge in [-0.25, -0.2) is 0 Å². The zero-order chi connectivity index (χ0) is 8.72. The number of allylic oxidation sites excluding steroid dienone is 2. The highest BCUT2D eigenvalue weighted by molar-refractivity contribution is 9.11. The van der Waals surface area contributed by atoms with Crippen molar-refractivity contribution in [1.29, 1.82) is 0 Å². The maximum atomic E-state index is 4.40. The molecule has 2 rings (SSSR count). The van der Waals surface area contributed by atoms with Crippen molar-refractivity contribution in [1.82, 2.24) is 5.01 Å². The highest BCUT2D eigenvalue weighted by Gasteiger charge is 2.31. The van der Waals surface area contributed by atoms with E-state index < -0.39 is 0 Å². The summed E-state index contributed by atoms with van der Waals surface area (Å²) in [5.41, 5.74) is 1.20. The van der Waals surface area contributed by atoms with E-state index in [1.807, 2.05) is 12.1 Å². The molecule has 0 amide bonds. The molecule has 0 aromatic carbocycles. The summed E-state index contributed by atoms with van der Waals surface area (Å²) in [6.07, 6.45) is 6.49. The first kappa shape index (κ1) is 8.05. The second kappa shape index (κ2) is 2.73. The minimum atomic E-state index is 0.436. The Hall–Kier alpha value is -0.570. The highest BCUT2D eigenvalue weighted by Crippen LogP contribution is 2.29. The minimum Gasteiger partial charge on any atom is -0.292 e. The summed E-state index contributed by atoms with van der Waals surface area (Å²) in [5, 5.41) is 6.42. The molecule has 0 aromatic heterocycles.